The average molecular weight is 443 g/mol. The van der Waals surface area contributed by atoms with Gasteiger partial charge in [0.15, 0.2) is 0 Å². The fraction of sp³-hybridized carbons (Fsp3) is 0.286. The summed E-state index contributed by atoms with van der Waals surface area (Å²) in [5, 5.41) is 10.6. The summed E-state index contributed by atoms with van der Waals surface area (Å²) in [7, 11) is -3.85. The third-order valence-corrected chi connectivity index (χ3v) is 7.51. The molecule has 0 saturated heterocycles. The molecule has 0 radical (unpaired) electrons. The topological polar surface area (TPSA) is 114 Å². The van der Waals surface area contributed by atoms with E-state index in [2.05, 4.69) is 4.98 Å². The average Bonchev–Trinajstić information content (AvgIpc) is 3.25. The second kappa shape index (κ2) is 8.12. The third-order valence-electron chi connectivity index (χ3n) is 5.16. The van der Waals surface area contributed by atoms with E-state index in [9.17, 15) is 18.5 Å². The van der Waals surface area contributed by atoms with Crippen LogP contribution in [0.2, 0.25) is 0 Å². The van der Waals surface area contributed by atoms with Crippen LogP contribution in [-0.4, -0.2) is 34.2 Å². The van der Waals surface area contributed by atoms with Crippen LogP contribution in [0.25, 0.3) is 0 Å². The Kier molecular flexibility index (Phi) is 5.50. The van der Waals surface area contributed by atoms with Crippen LogP contribution >= 0.6 is 0 Å². The van der Waals surface area contributed by atoms with E-state index in [-0.39, 0.29) is 24.9 Å². The minimum absolute atomic E-state index is 0.0533. The fourth-order valence-electron chi connectivity index (χ4n) is 3.40. The van der Waals surface area contributed by atoms with Crippen molar-refractivity contribution < 1.29 is 22.8 Å². The number of benzene rings is 2. The van der Waals surface area contributed by atoms with E-state index in [1.807, 2.05) is 54.6 Å². The van der Waals surface area contributed by atoms with Crippen LogP contribution in [0.4, 0.5) is 5.82 Å². The van der Waals surface area contributed by atoms with Crippen LogP contribution in [0.5, 0.6) is 5.75 Å². The summed E-state index contributed by atoms with van der Waals surface area (Å²) in [5.74, 6) is 0.251. The lowest BCUT2D eigenvalue weighted by Crippen LogP contribution is -2.38. The number of ether oxygens (including phenoxy) is 2. The molecule has 1 atom stereocenters. The molecule has 0 aliphatic carbocycles. The Morgan fingerprint density at radius 2 is 1.77 bits per heavy atom. The van der Waals surface area contributed by atoms with Crippen LogP contribution in [0.1, 0.15) is 18.1 Å². The molecule has 0 bridgehead atoms. The zero-order valence-corrected chi connectivity index (χ0v) is 17.6. The zero-order valence-electron chi connectivity index (χ0n) is 16.8. The van der Waals surface area contributed by atoms with Gasteiger partial charge in [-0.15, -0.1) is 0 Å². The predicted molar refractivity (Wildman–Crippen MR) is 111 cm³/mol. The molecule has 162 valence electrons. The van der Waals surface area contributed by atoms with Crippen LogP contribution in [-0.2, 0) is 34.3 Å². The van der Waals surface area contributed by atoms with Gasteiger partial charge in [-0.3, -0.25) is 4.57 Å². The van der Waals surface area contributed by atoms with Gasteiger partial charge in [0, 0.05) is 6.54 Å². The molecule has 1 aromatic heterocycles. The molecule has 0 N–H and O–H groups in total. The van der Waals surface area contributed by atoms with E-state index in [1.165, 1.54) is 4.57 Å². The van der Waals surface area contributed by atoms with Crippen molar-refractivity contribution in [1.82, 2.24) is 9.55 Å². The number of imidazole rings is 1. The van der Waals surface area contributed by atoms with Crippen LogP contribution < -0.4 is 4.74 Å². The Labute approximate surface area is 179 Å². The normalized spacial score (nSPS) is 19.1. The summed E-state index contributed by atoms with van der Waals surface area (Å²) >= 11 is 0. The monoisotopic (exact) mass is 443 g/mol. The summed E-state index contributed by atoms with van der Waals surface area (Å²) in [5.41, 5.74) is 1.95. The lowest BCUT2D eigenvalue weighted by molar-refractivity contribution is -0.389. The second-order valence-corrected chi connectivity index (χ2v) is 9.99. The number of sulfone groups is 1. The molecule has 9 nitrogen and oxygen atoms in total. The molecular weight excluding hydrogens is 422 g/mol. The lowest BCUT2D eigenvalue weighted by atomic mass is 10.2. The zero-order chi connectivity index (χ0) is 22.1. The molecule has 1 aliphatic heterocycles. The molecule has 0 amide bonds. The van der Waals surface area contributed by atoms with E-state index in [1.54, 1.807) is 6.92 Å². The van der Waals surface area contributed by atoms with Gasteiger partial charge in [-0.1, -0.05) is 42.5 Å². The Bertz CT molecular complexity index is 1190. The maximum Gasteiger partial charge on any atom is 0.383 e. The molecule has 0 saturated carbocycles. The molecule has 0 spiro atoms. The third kappa shape index (κ3) is 4.17. The Morgan fingerprint density at radius 1 is 1.10 bits per heavy atom. The maximum absolute atomic E-state index is 12.8. The summed E-state index contributed by atoms with van der Waals surface area (Å²) < 4.78 is 37.1. The van der Waals surface area contributed by atoms with Crippen LogP contribution in [0.15, 0.2) is 66.0 Å². The van der Waals surface area contributed by atoms with Gasteiger partial charge in [0.05, 0.1) is 13.2 Å². The first-order valence-corrected chi connectivity index (χ1v) is 11.1. The van der Waals surface area contributed by atoms with Gasteiger partial charge in [0.2, 0.25) is 9.84 Å². The Balaban J connectivity index is 1.32. The molecule has 10 heteroatoms. The number of hydrogen-bond donors (Lipinski definition) is 0. The minimum atomic E-state index is -3.85. The molecule has 2 heterocycles. The van der Waals surface area contributed by atoms with E-state index in [0.717, 1.165) is 23.1 Å². The maximum atomic E-state index is 12.8. The fourth-order valence-corrected chi connectivity index (χ4v) is 5.03. The molecular formula is C21H21N3O6S. The number of nitro groups is 1. The highest BCUT2D eigenvalue weighted by molar-refractivity contribution is 7.92. The van der Waals surface area contributed by atoms with Gasteiger partial charge in [-0.05, 0) is 40.1 Å². The minimum Gasteiger partial charge on any atom is -0.489 e. The van der Waals surface area contributed by atoms with Crippen molar-refractivity contribution in [3.05, 3.63) is 82.0 Å². The van der Waals surface area contributed by atoms with Gasteiger partial charge < -0.3 is 19.6 Å². The molecule has 0 fully saturated rings. The highest BCUT2D eigenvalue weighted by atomic mass is 32.2. The van der Waals surface area contributed by atoms with E-state index >= 15 is 0 Å². The predicted octanol–water partition coefficient (Wildman–Crippen LogP) is 3.13. The van der Waals surface area contributed by atoms with Gasteiger partial charge in [-0.2, -0.15) is 0 Å². The van der Waals surface area contributed by atoms with Gasteiger partial charge in [0.1, 0.15) is 23.3 Å². The summed E-state index contributed by atoms with van der Waals surface area (Å²) in [6, 6.07) is 17.2. The Morgan fingerprint density at radius 3 is 2.42 bits per heavy atom. The van der Waals surface area contributed by atoms with Crippen molar-refractivity contribution in [2.24, 2.45) is 0 Å². The van der Waals surface area contributed by atoms with Crippen LogP contribution in [0.3, 0.4) is 0 Å². The van der Waals surface area contributed by atoms with Crippen molar-refractivity contribution >= 4 is 15.7 Å². The SMILES string of the molecule is CC1(COCc2ccc(OCc3ccccc3)cc2)Cn2cc([N+](=O)[O-])nc2S1(=O)=O. The first kappa shape index (κ1) is 21.0. The highest BCUT2D eigenvalue weighted by Crippen LogP contribution is 2.36. The standard InChI is InChI=1S/C21H21N3O6S/c1-21(14-23-11-19(24(25)26)22-20(23)31(21,27)28)15-29-12-17-7-9-18(10-8-17)30-13-16-5-3-2-4-6-16/h2-11H,12-15H2,1H3. The van der Waals surface area contributed by atoms with Crippen molar-refractivity contribution in [3.8, 4) is 5.75 Å². The molecule has 4 rings (SSSR count). The first-order chi connectivity index (χ1) is 14.8. The molecule has 1 unspecified atom stereocenters. The summed E-state index contributed by atoms with van der Waals surface area (Å²) in [4.78, 5) is 13.8. The number of hydrogen-bond acceptors (Lipinski definition) is 7. The van der Waals surface area contributed by atoms with Crippen LogP contribution in [0, 0.1) is 10.1 Å². The smallest absolute Gasteiger partial charge is 0.383 e. The first-order valence-electron chi connectivity index (χ1n) is 9.58. The van der Waals surface area contributed by atoms with Gasteiger partial charge in [0.25, 0.3) is 0 Å². The highest BCUT2D eigenvalue weighted by Gasteiger charge is 2.53. The summed E-state index contributed by atoms with van der Waals surface area (Å²) in [6.45, 7) is 2.26. The molecule has 31 heavy (non-hydrogen) atoms. The summed E-state index contributed by atoms with van der Waals surface area (Å²) in [6.07, 6.45) is 1.15. The van der Waals surface area contributed by atoms with Gasteiger partial charge >= 0.3 is 11.0 Å². The number of rotatable bonds is 8. The number of nitrogens with zero attached hydrogens (tertiary/aromatic N) is 3. The second-order valence-electron chi connectivity index (χ2n) is 7.63. The molecule has 1 aliphatic rings. The van der Waals surface area contributed by atoms with Crippen molar-refractivity contribution in [1.29, 1.82) is 0 Å². The molecule has 3 aromatic rings. The van der Waals surface area contributed by atoms with E-state index in [0.29, 0.717) is 6.61 Å². The number of fused-ring (bicyclic) bond motifs is 1. The van der Waals surface area contributed by atoms with E-state index in [4.69, 9.17) is 9.47 Å². The Hall–Kier alpha value is -3.24. The lowest BCUT2D eigenvalue weighted by Gasteiger charge is -2.21. The molecule has 2 aromatic carbocycles. The van der Waals surface area contributed by atoms with Crippen molar-refractivity contribution in [2.45, 2.75) is 36.6 Å². The van der Waals surface area contributed by atoms with Crippen molar-refractivity contribution in [2.75, 3.05) is 6.61 Å². The van der Waals surface area contributed by atoms with E-state index < -0.39 is 25.3 Å². The number of aromatic nitrogens is 2. The van der Waals surface area contributed by atoms with Crippen molar-refractivity contribution in [3.63, 3.8) is 0 Å². The quantitative estimate of drug-likeness (QED) is 0.388. The van der Waals surface area contributed by atoms with Gasteiger partial charge in [-0.25, -0.2) is 8.42 Å². The largest absolute Gasteiger partial charge is 0.489 e.